The lowest BCUT2D eigenvalue weighted by Gasteiger charge is -2.37. The van der Waals surface area contributed by atoms with Gasteiger partial charge in [0.05, 0.1) is 0 Å². The van der Waals surface area contributed by atoms with Crippen molar-refractivity contribution in [1.29, 1.82) is 0 Å². The Balaban J connectivity index is 1.93. The summed E-state index contributed by atoms with van der Waals surface area (Å²) in [6.45, 7) is 0.891. The first-order chi connectivity index (χ1) is 9.26. The highest BCUT2D eigenvalue weighted by Crippen LogP contribution is 2.38. The number of hydrogen-bond donors (Lipinski definition) is 2. The molecule has 1 aromatic carbocycles. The van der Waals surface area contributed by atoms with E-state index in [1.165, 1.54) is 19.3 Å². The van der Waals surface area contributed by atoms with Crippen molar-refractivity contribution in [3.63, 3.8) is 0 Å². The summed E-state index contributed by atoms with van der Waals surface area (Å²) in [6, 6.07) is 9.31. The molecule has 0 atom stereocenters. The van der Waals surface area contributed by atoms with Crippen molar-refractivity contribution in [2.75, 3.05) is 13.2 Å². The summed E-state index contributed by atoms with van der Waals surface area (Å²) >= 11 is 0. The molecule has 0 unspecified atom stereocenters. The Kier molecular flexibility index (Phi) is 4.97. The van der Waals surface area contributed by atoms with Gasteiger partial charge in [0.25, 0.3) is 5.91 Å². The van der Waals surface area contributed by atoms with E-state index in [-0.39, 0.29) is 17.9 Å². The van der Waals surface area contributed by atoms with Crippen LogP contribution in [0.2, 0.25) is 0 Å². The molecule has 0 aliphatic heterocycles. The molecule has 1 saturated carbocycles. The maximum atomic E-state index is 12.1. The quantitative estimate of drug-likeness (QED) is 0.856. The Labute approximate surface area is 115 Å². The van der Waals surface area contributed by atoms with Crippen LogP contribution in [-0.2, 0) is 0 Å². The van der Waals surface area contributed by atoms with Crippen LogP contribution in [0.15, 0.2) is 30.3 Å². The molecule has 0 spiro atoms. The predicted octanol–water partition coefficient (Wildman–Crippen LogP) is 2.75. The van der Waals surface area contributed by atoms with Gasteiger partial charge in [0, 0.05) is 18.7 Å². The van der Waals surface area contributed by atoms with Crippen LogP contribution in [-0.4, -0.2) is 24.2 Å². The van der Waals surface area contributed by atoms with Crippen LogP contribution in [0.3, 0.4) is 0 Å². The molecule has 1 aliphatic carbocycles. The van der Waals surface area contributed by atoms with E-state index in [1.54, 1.807) is 0 Å². The molecule has 3 heteroatoms. The van der Waals surface area contributed by atoms with Crippen molar-refractivity contribution in [2.24, 2.45) is 5.41 Å². The first-order valence-corrected chi connectivity index (χ1v) is 7.20. The molecular weight excluding hydrogens is 238 g/mol. The molecule has 0 bridgehead atoms. The van der Waals surface area contributed by atoms with Gasteiger partial charge in [-0.2, -0.15) is 0 Å². The number of benzene rings is 1. The fourth-order valence-electron chi connectivity index (χ4n) is 3.01. The molecule has 1 fully saturated rings. The third kappa shape index (κ3) is 3.80. The molecule has 0 saturated heterocycles. The summed E-state index contributed by atoms with van der Waals surface area (Å²) in [6.07, 6.45) is 6.72. The Hall–Kier alpha value is -1.35. The van der Waals surface area contributed by atoms with Crippen molar-refractivity contribution in [3.05, 3.63) is 35.9 Å². The average molecular weight is 261 g/mol. The van der Waals surface area contributed by atoms with Crippen LogP contribution in [0.25, 0.3) is 0 Å². The first-order valence-electron chi connectivity index (χ1n) is 7.20. The average Bonchev–Trinajstić information content (AvgIpc) is 2.47. The topological polar surface area (TPSA) is 49.3 Å². The number of hydrogen-bond acceptors (Lipinski definition) is 2. The van der Waals surface area contributed by atoms with Crippen LogP contribution in [0.4, 0.5) is 0 Å². The van der Waals surface area contributed by atoms with E-state index < -0.39 is 0 Å². The first kappa shape index (κ1) is 14.1. The van der Waals surface area contributed by atoms with E-state index in [2.05, 4.69) is 5.32 Å². The Morgan fingerprint density at radius 1 is 1.16 bits per heavy atom. The van der Waals surface area contributed by atoms with E-state index in [0.717, 1.165) is 19.3 Å². The summed E-state index contributed by atoms with van der Waals surface area (Å²) in [5.74, 6) is -0.0107. The Morgan fingerprint density at radius 3 is 2.47 bits per heavy atom. The smallest absolute Gasteiger partial charge is 0.251 e. The van der Waals surface area contributed by atoms with Gasteiger partial charge in [-0.3, -0.25) is 4.79 Å². The molecular formula is C16H23NO2. The Morgan fingerprint density at radius 2 is 1.84 bits per heavy atom. The largest absolute Gasteiger partial charge is 0.396 e. The zero-order chi connectivity index (χ0) is 13.6. The number of nitrogens with one attached hydrogen (secondary N) is 1. The highest BCUT2D eigenvalue weighted by atomic mass is 16.3. The predicted molar refractivity (Wildman–Crippen MR) is 76.0 cm³/mol. The fourth-order valence-corrected chi connectivity index (χ4v) is 3.01. The third-order valence-electron chi connectivity index (χ3n) is 4.22. The van der Waals surface area contributed by atoms with Gasteiger partial charge in [0.2, 0.25) is 0 Å². The number of carbonyl (C=O) groups excluding carboxylic acids is 1. The number of carbonyl (C=O) groups is 1. The molecule has 1 aliphatic rings. The molecule has 0 radical (unpaired) electrons. The minimum atomic E-state index is -0.0107. The Bertz CT molecular complexity index is 391. The standard InChI is InChI=1S/C16H23NO2/c18-12-11-16(9-5-2-6-10-16)13-17-15(19)14-7-3-1-4-8-14/h1,3-4,7-8,18H,2,5-6,9-13H2,(H,17,19). The van der Waals surface area contributed by atoms with Gasteiger partial charge in [0.1, 0.15) is 0 Å². The van der Waals surface area contributed by atoms with Gasteiger partial charge in [-0.05, 0) is 36.8 Å². The molecule has 0 heterocycles. The lowest BCUT2D eigenvalue weighted by Crippen LogP contribution is -2.39. The van der Waals surface area contributed by atoms with Crippen molar-refractivity contribution in [3.8, 4) is 0 Å². The van der Waals surface area contributed by atoms with Gasteiger partial charge in [-0.15, -0.1) is 0 Å². The number of aliphatic hydroxyl groups is 1. The number of amides is 1. The zero-order valence-electron chi connectivity index (χ0n) is 11.4. The second-order valence-electron chi connectivity index (χ2n) is 5.58. The van der Waals surface area contributed by atoms with Crippen molar-refractivity contribution < 1.29 is 9.90 Å². The fraction of sp³-hybridized carbons (Fsp3) is 0.562. The van der Waals surface area contributed by atoms with Gasteiger partial charge < -0.3 is 10.4 Å². The second kappa shape index (κ2) is 6.71. The number of aliphatic hydroxyl groups excluding tert-OH is 1. The summed E-state index contributed by atoms with van der Waals surface area (Å²) in [5.41, 5.74) is 0.815. The minimum Gasteiger partial charge on any atom is -0.396 e. The maximum Gasteiger partial charge on any atom is 0.251 e. The molecule has 19 heavy (non-hydrogen) atoms. The zero-order valence-corrected chi connectivity index (χ0v) is 11.4. The second-order valence-corrected chi connectivity index (χ2v) is 5.58. The minimum absolute atomic E-state index is 0.0107. The van der Waals surface area contributed by atoms with E-state index in [0.29, 0.717) is 12.1 Å². The monoisotopic (exact) mass is 261 g/mol. The van der Waals surface area contributed by atoms with Crippen LogP contribution >= 0.6 is 0 Å². The molecule has 1 aromatic rings. The van der Waals surface area contributed by atoms with Crippen molar-refractivity contribution in [2.45, 2.75) is 38.5 Å². The summed E-state index contributed by atoms with van der Waals surface area (Å²) < 4.78 is 0. The van der Waals surface area contributed by atoms with Crippen LogP contribution in [0, 0.1) is 5.41 Å². The maximum absolute atomic E-state index is 12.1. The highest BCUT2D eigenvalue weighted by molar-refractivity contribution is 5.94. The van der Waals surface area contributed by atoms with Crippen LogP contribution in [0.5, 0.6) is 0 Å². The number of rotatable bonds is 5. The van der Waals surface area contributed by atoms with Gasteiger partial charge in [-0.25, -0.2) is 0 Å². The summed E-state index contributed by atoms with van der Waals surface area (Å²) in [5, 5.41) is 12.3. The van der Waals surface area contributed by atoms with Gasteiger partial charge in [0.15, 0.2) is 0 Å². The third-order valence-corrected chi connectivity index (χ3v) is 4.22. The van der Waals surface area contributed by atoms with Crippen LogP contribution < -0.4 is 5.32 Å². The normalized spacial score (nSPS) is 17.9. The van der Waals surface area contributed by atoms with E-state index in [1.807, 2.05) is 30.3 Å². The highest BCUT2D eigenvalue weighted by Gasteiger charge is 2.31. The molecule has 0 aromatic heterocycles. The molecule has 2 N–H and O–H groups in total. The van der Waals surface area contributed by atoms with E-state index in [4.69, 9.17) is 0 Å². The summed E-state index contributed by atoms with van der Waals surface area (Å²) in [7, 11) is 0. The van der Waals surface area contributed by atoms with Gasteiger partial charge >= 0.3 is 0 Å². The van der Waals surface area contributed by atoms with Crippen molar-refractivity contribution in [1.82, 2.24) is 5.32 Å². The van der Waals surface area contributed by atoms with E-state index in [9.17, 15) is 9.90 Å². The molecule has 104 valence electrons. The lowest BCUT2D eigenvalue weighted by atomic mass is 9.72. The summed E-state index contributed by atoms with van der Waals surface area (Å²) in [4.78, 5) is 12.1. The van der Waals surface area contributed by atoms with Crippen LogP contribution in [0.1, 0.15) is 48.9 Å². The lowest BCUT2D eigenvalue weighted by molar-refractivity contribution is 0.0869. The molecule has 1 amide bonds. The molecule has 2 rings (SSSR count). The molecule has 3 nitrogen and oxygen atoms in total. The van der Waals surface area contributed by atoms with Gasteiger partial charge in [-0.1, -0.05) is 37.5 Å². The van der Waals surface area contributed by atoms with E-state index >= 15 is 0 Å². The van der Waals surface area contributed by atoms with Crippen molar-refractivity contribution >= 4 is 5.91 Å². The SMILES string of the molecule is O=C(NCC1(CCO)CCCCC1)c1ccccc1.